The lowest BCUT2D eigenvalue weighted by molar-refractivity contribution is -0.359. The molecule has 2 rings (SSSR count). The number of ether oxygens (including phenoxy) is 4. The first-order chi connectivity index (χ1) is 35.1. The van der Waals surface area contributed by atoms with Gasteiger partial charge >= 0.3 is 0 Å². The van der Waals surface area contributed by atoms with Crippen LogP contribution in [0.2, 0.25) is 0 Å². The van der Waals surface area contributed by atoms with Crippen LogP contribution in [0.4, 0.5) is 0 Å². The summed E-state index contributed by atoms with van der Waals surface area (Å²) >= 11 is 0. The SMILES string of the molecule is CC/C=C\C/C=C\C/C=C\C/C=C\C/C=C\C/C=C\CCCCCCCCCCCCC(=O)NC(COC1OC(CO)C(OC2OC(CO)C(O)C(O)C2O)C(O)C1O)C(O)CCCCCCCCCCC. The molecule has 12 atom stereocenters. The number of carbonyl (C=O) groups excluding carboxylic acids is 1. The summed E-state index contributed by atoms with van der Waals surface area (Å²) in [6.45, 7) is 2.69. The van der Waals surface area contributed by atoms with Crippen molar-refractivity contribution < 1.29 is 64.6 Å². The van der Waals surface area contributed by atoms with Crippen LogP contribution < -0.4 is 5.32 Å². The standard InChI is InChI=1S/C58H101NO13/c1-3-5-7-9-11-13-14-15-16-17-18-19-20-21-22-23-24-25-26-27-28-29-30-31-32-34-36-38-40-42-50(63)59-46(47(62)41-39-37-35-33-12-10-8-6-4-2)45-69-57-55(68)53(66)56(49(44-61)71-57)72-58-54(67)52(65)51(64)48(43-60)70-58/h5,7,11,13,15-16,18-19,21-22,24-25,46-49,51-58,60-62,64-68H,3-4,6,8-10,12,14,17,20,23,26-45H2,1-2H3,(H,59,63)/b7-5-,13-11-,16-15-,19-18-,22-21-,25-24-. The van der Waals surface area contributed by atoms with Crippen molar-refractivity contribution in [3.63, 3.8) is 0 Å². The summed E-state index contributed by atoms with van der Waals surface area (Å²) < 4.78 is 22.7. The van der Waals surface area contributed by atoms with E-state index in [2.05, 4.69) is 92.1 Å². The number of hydrogen-bond donors (Lipinski definition) is 9. The van der Waals surface area contributed by atoms with Gasteiger partial charge in [0.2, 0.25) is 5.91 Å². The number of hydrogen-bond acceptors (Lipinski definition) is 13. The highest BCUT2D eigenvalue weighted by Gasteiger charge is 2.51. The van der Waals surface area contributed by atoms with E-state index >= 15 is 0 Å². The molecular weight excluding hydrogens is 919 g/mol. The van der Waals surface area contributed by atoms with E-state index in [4.69, 9.17) is 18.9 Å². The van der Waals surface area contributed by atoms with Crippen LogP contribution in [0, 0.1) is 0 Å². The lowest BCUT2D eigenvalue weighted by Gasteiger charge is -2.46. The van der Waals surface area contributed by atoms with Gasteiger partial charge in [0.1, 0.15) is 48.8 Å². The summed E-state index contributed by atoms with van der Waals surface area (Å²) in [6, 6.07) is -0.833. The second kappa shape index (κ2) is 43.6. The maximum Gasteiger partial charge on any atom is 0.220 e. The first kappa shape index (κ1) is 65.5. The van der Waals surface area contributed by atoms with Gasteiger partial charge in [0.25, 0.3) is 0 Å². The third-order valence-electron chi connectivity index (χ3n) is 13.4. The van der Waals surface area contributed by atoms with Gasteiger partial charge < -0.3 is 65.1 Å². The molecule has 0 aromatic carbocycles. The second-order valence-corrected chi connectivity index (χ2v) is 19.7. The minimum Gasteiger partial charge on any atom is -0.394 e. The van der Waals surface area contributed by atoms with Crippen LogP contribution in [0.1, 0.15) is 194 Å². The largest absolute Gasteiger partial charge is 0.394 e. The molecule has 2 aliphatic heterocycles. The molecule has 2 aliphatic rings. The quantitative estimate of drug-likeness (QED) is 0.0206. The van der Waals surface area contributed by atoms with Crippen LogP contribution >= 0.6 is 0 Å². The third-order valence-corrected chi connectivity index (χ3v) is 13.4. The summed E-state index contributed by atoms with van der Waals surface area (Å²) in [5.74, 6) is -0.217. The molecule has 416 valence electrons. The second-order valence-electron chi connectivity index (χ2n) is 19.7. The minimum atomic E-state index is -1.78. The lowest BCUT2D eigenvalue weighted by Crippen LogP contribution is -2.65. The zero-order valence-corrected chi connectivity index (χ0v) is 44.4. The fraction of sp³-hybridized carbons (Fsp3) is 0.776. The highest BCUT2D eigenvalue weighted by molar-refractivity contribution is 5.76. The van der Waals surface area contributed by atoms with Crippen molar-refractivity contribution >= 4 is 5.91 Å². The topological polar surface area (TPSA) is 228 Å². The predicted molar refractivity (Wildman–Crippen MR) is 286 cm³/mol. The molecule has 72 heavy (non-hydrogen) atoms. The van der Waals surface area contributed by atoms with Crippen LogP contribution in [0.5, 0.6) is 0 Å². The lowest BCUT2D eigenvalue weighted by atomic mass is 9.97. The van der Waals surface area contributed by atoms with Crippen molar-refractivity contribution in [2.75, 3.05) is 19.8 Å². The highest BCUT2D eigenvalue weighted by Crippen LogP contribution is 2.30. The van der Waals surface area contributed by atoms with Crippen molar-refractivity contribution in [3.8, 4) is 0 Å². The zero-order chi connectivity index (χ0) is 52.4. The smallest absolute Gasteiger partial charge is 0.220 e. The zero-order valence-electron chi connectivity index (χ0n) is 44.4. The van der Waals surface area contributed by atoms with Crippen LogP contribution in [0.25, 0.3) is 0 Å². The van der Waals surface area contributed by atoms with Gasteiger partial charge in [-0.3, -0.25) is 4.79 Å². The van der Waals surface area contributed by atoms with Crippen molar-refractivity contribution in [2.24, 2.45) is 0 Å². The van der Waals surface area contributed by atoms with Gasteiger partial charge in [-0.25, -0.2) is 0 Å². The molecule has 0 aromatic heterocycles. The van der Waals surface area contributed by atoms with Gasteiger partial charge in [-0.2, -0.15) is 0 Å². The summed E-state index contributed by atoms with van der Waals surface area (Å²) in [5.41, 5.74) is 0. The van der Waals surface area contributed by atoms with Crippen LogP contribution in [-0.2, 0) is 23.7 Å². The molecule has 0 saturated carbocycles. The van der Waals surface area contributed by atoms with Crippen LogP contribution in [-0.4, -0.2) is 140 Å². The van der Waals surface area contributed by atoms with Gasteiger partial charge in [-0.1, -0.05) is 196 Å². The number of aliphatic hydroxyl groups excluding tert-OH is 8. The fourth-order valence-electron chi connectivity index (χ4n) is 8.89. The summed E-state index contributed by atoms with van der Waals surface area (Å²) in [7, 11) is 0. The van der Waals surface area contributed by atoms with E-state index in [1.54, 1.807) is 0 Å². The monoisotopic (exact) mass is 1020 g/mol. The number of amides is 1. The van der Waals surface area contributed by atoms with E-state index in [1.165, 1.54) is 70.6 Å². The predicted octanol–water partition coefficient (Wildman–Crippen LogP) is 8.77. The Hall–Kier alpha value is -2.57. The molecular formula is C58H101NO13. The Morgan fingerprint density at radius 3 is 1.47 bits per heavy atom. The van der Waals surface area contributed by atoms with Gasteiger partial charge in [0.05, 0.1) is 32.0 Å². The van der Waals surface area contributed by atoms with Crippen LogP contribution in [0.15, 0.2) is 72.9 Å². The molecule has 12 unspecified atom stereocenters. The summed E-state index contributed by atoms with van der Waals surface area (Å²) in [5, 5.41) is 86.9. The minimum absolute atomic E-state index is 0.217. The first-order valence-corrected chi connectivity index (χ1v) is 28.2. The van der Waals surface area contributed by atoms with E-state index < -0.39 is 86.8 Å². The van der Waals surface area contributed by atoms with Gasteiger partial charge in [0, 0.05) is 6.42 Å². The molecule has 0 bridgehead atoms. The fourth-order valence-corrected chi connectivity index (χ4v) is 8.89. The number of allylic oxidation sites excluding steroid dienone is 12. The Bertz CT molecular complexity index is 1480. The Morgan fingerprint density at radius 2 is 0.958 bits per heavy atom. The highest BCUT2D eigenvalue weighted by atomic mass is 16.7. The number of aliphatic hydroxyl groups is 8. The Balaban J connectivity index is 1.67. The third kappa shape index (κ3) is 29.5. The van der Waals surface area contributed by atoms with E-state index in [0.717, 1.165) is 89.9 Å². The van der Waals surface area contributed by atoms with E-state index in [1.807, 2.05) is 0 Å². The Labute approximate surface area is 434 Å². The molecule has 1 amide bonds. The first-order valence-electron chi connectivity index (χ1n) is 28.2. The molecule has 0 radical (unpaired) electrons. The molecule has 14 nitrogen and oxygen atoms in total. The normalized spacial score (nSPS) is 26.1. The maximum atomic E-state index is 13.2. The summed E-state index contributed by atoms with van der Waals surface area (Å²) in [4.78, 5) is 13.2. The maximum absolute atomic E-state index is 13.2. The molecule has 0 aromatic rings. The average Bonchev–Trinajstić information content (AvgIpc) is 3.38. The van der Waals surface area contributed by atoms with E-state index in [9.17, 15) is 45.6 Å². The van der Waals surface area contributed by atoms with Crippen molar-refractivity contribution in [3.05, 3.63) is 72.9 Å². The molecule has 0 spiro atoms. The Morgan fingerprint density at radius 1 is 0.514 bits per heavy atom. The van der Waals surface area contributed by atoms with Gasteiger partial charge in [-0.15, -0.1) is 0 Å². The number of nitrogens with one attached hydrogen (secondary N) is 1. The van der Waals surface area contributed by atoms with Crippen LogP contribution in [0.3, 0.4) is 0 Å². The number of rotatable bonds is 43. The molecule has 2 fully saturated rings. The van der Waals surface area contributed by atoms with Crippen molar-refractivity contribution in [1.82, 2.24) is 5.32 Å². The molecule has 2 saturated heterocycles. The number of unbranched alkanes of at least 4 members (excludes halogenated alkanes) is 18. The summed E-state index contributed by atoms with van der Waals surface area (Å²) in [6.07, 6.45) is 39.2. The molecule has 2 heterocycles. The van der Waals surface area contributed by atoms with Gasteiger partial charge in [0.15, 0.2) is 12.6 Å². The van der Waals surface area contributed by atoms with Gasteiger partial charge in [-0.05, 0) is 64.2 Å². The molecule has 0 aliphatic carbocycles. The van der Waals surface area contributed by atoms with E-state index in [-0.39, 0.29) is 12.5 Å². The van der Waals surface area contributed by atoms with Crippen molar-refractivity contribution in [1.29, 1.82) is 0 Å². The Kier molecular flexibility index (Phi) is 39.7. The van der Waals surface area contributed by atoms with Crippen molar-refractivity contribution in [2.45, 2.75) is 267 Å². The average molecular weight is 1020 g/mol. The number of carbonyl (C=O) groups is 1. The molecule has 14 heteroatoms. The molecule has 9 N–H and O–H groups in total. The van der Waals surface area contributed by atoms with E-state index in [0.29, 0.717) is 19.3 Å².